The van der Waals surface area contributed by atoms with E-state index < -0.39 is 0 Å². The summed E-state index contributed by atoms with van der Waals surface area (Å²) < 4.78 is 5.95. The summed E-state index contributed by atoms with van der Waals surface area (Å²) in [7, 11) is 0. The molecule has 0 fully saturated rings. The van der Waals surface area contributed by atoms with Crippen molar-refractivity contribution in [2.24, 2.45) is 0 Å². The zero-order chi connectivity index (χ0) is 13.1. The summed E-state index contributed by atoms with van der Waals surface area (Å²) in [6, 6.07) is 16.7. The largest absolute Gasteiger partial charge is 0.472 e. The third kappa shape index (κ3) is 2.34. The maximum Gasteiger partial charge on any atom is 0.161 e. The van der Waals surface area contributed by atoms with Crippen molar-refractivity contribution in [3.8, 4) is 5.75 Å². The molecule has 0 aliphatic carbocycles. The second-order valence-electron chi connectivity index (χ2n) is 4.64. The summed E-state index contributed by atoms with van der Waals surface area (Å²) >= 11 is 0. The molecule has 2 aromatic rings. The van der Waals surface area contributed by atoms with Crippen molar-refractivity contribution in [2.45, 2.75) is 13.5 Å². The number of hydrogen-bond acceptors (Lipinski definition) is 2. The lowest BCUT2D eigenvalue weighted by Gasteiger charge is -2.31. The molecule has 19 heavy (non-hydrogen) atoms. The quantitative estimate of drug-likeness (QED) is 0.797. The summed E-state index contributed by atoms with van der Waals surface area (Å²) in [5.74, 6) is 1.02. The summed E-state index contributed by atoms with van der Waals surface area (Å²) in [5.41, 5.74) is 3.60. The van der Waals surface area contributed by atoms with Crippen LogP contribution in [0.5, 0.6) is 5.75 Å². The van der Waals surface area contributed by atoms with Crippen molar-refractivity contribution in [1.29, 1.82) is 0 Å². The van der Waals surface area contributed by atoms with Gasteiger partial charge in [-0.05, 0) is 19.1 Å². The lowest BCUT2D eigenvalue weighted by Crippen LogP contribution is -2.32. The van der Waals surface area contributed by atoms with Gasteiger partial charge in [-0.15, -0.1) is 0 Å². The molecule has 0 bridgehead atoms. The van der Waals surface area contributed by atoms with E-state index in [4.69, 9.17) is 4.74 Å². The van der Waals surface area contributed by atoms with Gasteiger partial charge in [-0.1, -0.05) is 48.6 Å². The summed E-state index contributed by atoms with van der Waals surface area (Å²) in [5, 5.41) is 0. The first-order valence-electron chi connectivity index (χ1n) is 6.56. The highest BCUT2D eigenvalue weighted by Gasteiger charge is 2.18. The van der Waals surface area contributed by atoms with E-state index in [2.05, 4.69) is 53.4 Å². The molecule has 0 amide bonds. The molecule has 0 spiro atoms. The first kappa shape index (κ1) is 11.8. The molecule has 0 aromatic heterocycles. The molecule has 2 nitrogen and oxygen atoms in total. The predicted molar refractivity (Wildman–Crippen MR) is 79.3 cm³/mol. The molecular formula is C17H17NO. The fourth-order valence-electron chi connectivity index (χ4n) is 2.41. The van der Waals surface area contributed by atoms with Gasteiger partial charge in [0.05, 0.1) is 0 Å². The Balaban J connectivity index is 1.91. The van der Waals surface area contributed by atoms with Crippen LogP contribution in [0.2, 0.25) is 0 Å². The Morgan fingerprint density at radius 2 is 1.89 bits per heavy atom. The number of nitrogens with zero attached hydrogens (tertiary/aromatic N) is 1. The highest BCUT2D eigenvalue weighted by atomic mass is 16.5. The standard InChI is InChI=1S/C17H17NO/c1-2-7-14-8-6-9-15-12-18(13-19-17(14)15)16-10-4-3-5-11-16/h2-11H,12-13H2,1H3/b7-2+. The molecule has 0 saturated carbocycles. The number of anilines is 1. The Morgan fingerprint density at radius 1 is 1.05 bits per heavy atom. The topological polar surface area (TPSA) is 12.5 Å². The molecule has 0 radical (unpaired) electrons. The minimum atomic E-state index is 0.603. The van der Waals surface area contributed by atoms with Gasteiger partial charge in [0.15, 0.2) is 6.73 Å². The number of benzene rings is 2. The van der Waals surface area contributed by atoms with E-state index in [1.165, 1.54) is 11.3 Å². The van der Waals surface area contributed by atoms with E-state index >= 15 is 0 Å². The number of allylic oxidation sites excluding steroid dienone is 1. The molecule has 0 N–H and O–H groups in total. The molecule has 0 saturated heterocycles. The van der Waals surface area contributed by atoms with Crippen molar-refractivity contribution in [2.75, 3.05) is 11.6 Å². The van der Waals surface area contributed by atoms with Crippen LogP contribution in [0.4, 0.5) is 5.69 Å². The predicted octanol–water partition coefficient (Wildman–Crippen LogP) is 4.08. The van der Waals surface area contributed by atoms with Gasteiger partial charge in [-0.2, -0.15) is 0 Å². The van der Waals surface area contributed by atoms with Crippen LogP contribution in [0.25, 0.3) is 6.08 Å². The molecule has 1 aliphatic heterocycles. The Kier molecular flexibility index (Phi) is 3.23. The van der Waals surface area contributed by atoms with Gasteiger partial charge in [-0.25, -0.2) is 0 Å². The highest BCUT2D eigenvalue weighted by molar-refractivity contribution is 5.61. The number of fused-ring (bicyclic) bond motifs is 1. The SMILES string of the molecule is C/C=C/c1cccc2c1OCN(c1ccccc1)C2. The van der Waals surface area contributed by atoms with Gasteiger partial charge >= 0.3 is 0 Å². The van der Waals surface area contributed by atoms with Gasteiger partial charge < -0.3 is 9.64 Å². The fraction of sp³-hybridized carbons (Fsp3) is 0.176. The van der Waals surface area contributed by atoms with Crippen LogP contribution in [-0.4, -0.2) is 6.73 Å². The number of rotatable bonds is 2. The molecule has 1 aliphatic rings. The van der Waals surface area contributed by atoms with Crippen LogP contribution in [0, 0.1) is 0 Å². The number of para-hydroxylation sites is 2. The minimum absolute atomic E-state index is 0.603. The van der Waals surface area contributed by atoms with Crippen LogP contribution in [0.3, 0.4) is 0 Å². The Hall–Kier alpha value is -2.22. The van der Waals surface area contributed by atoms with Crippen molar-refractivity contribution in [3.63, 3.8) is 0 Å². The molecule has 1 heterocycles. The average Bonchev–Trinajstić information content (AvgIpc) is 2.48. The van der Waals surface area contributed by atoms with Crippen LogP contribution < -0.4 is 9.64 Å². The van der Waals surface area contributed by atoms with Crippen molar-refractivity contribution < 1.29 is 4.74 Å². The average molecular weight is 251 g/mol. The van der Waals surface area contributed by atoms with Gasteiger partial charge in [0, 0.05) is 23.4 Å². The summed E-state index contributed by atoms with van der Waals surface area (Å²) in [6.07, 6.45) is 4.14. The van der Waals surface area contributed by atoms with Gasteiger partial charge in [0.1, 0.15) is 5.75 Å². The minimum Gasteiger partial charge on any atom is -0.472 e. The van der Waals surface area contributed by atoms with Crippen molar-refractivity contribution >= 4 is 11.8 Å². The van der Waals surface area contributed by atoms with E-state index in [9.17, 15) is 0 Å². The Labute approximate surface area is 113 Å². The van der Waals surface area contributed by atoms with E-state index in [1.807, 2.05) is 19.1 Å². The molecule has 0 atom stereocenters. The smallest absolute Gasteiger partial charge is 0.161 e. The summed E-state index contributed by atoms with van der Waals surface area (Å²) in [4.78, 5) is 2.24. The van der Waals surface area contributed by atoms with E-state index in [-0.39, 0.29) is 0 Å². The first-order valence-corrected chi connectivity index (χ1v) is 6.56. The first-order chi connectivity index (χ1) is 9.38. The molecule has 96 valence electrons. The van der Waals surface area contributed by atoms with Crippen molar-refractivity contribution in [1.82, 2.24) is 0 Å². The summed E-state index contributed by atoms with van der Waals surface area (Å²) in [6.45, 7) is 3.52. The number of hydrogen-bond donors (Lipinski definition) is 0. The monoisotopic (exact) mass is 251 g/mol. The van der Waals surface area contributed by atoms with E-state index in [1.54, 1.807) is 0 Å². The Bertz CT molecular complexity index is 589. The highest BCUT2D eigenvalue weighted by Crippen LogP contribution is 2.31. The third-order valence-corrected chi connectivity index (χ3v) is 3.32. The van der Waals surface area contributed by atoms with Gasteiger partial charge in [0.25, 0.3) is 0 Å². The van der Waals surface area contributed by atoms with Crippen molar-refractivity contribution in [3.05, 3.63) is 65.7 Å². The zero-order valence-electron chi connectivity index (χ0n) is 11.0. The van der Waals surface area contributed by atoms with Gasteiger partial charge in [0.2, 0.25) is 0 Å². The van der Waals surface area contributed by atoms with E-state index in [0.717, 1.165) is 17.9 Å². The molecule has 2 aromatic carbocycles. The lowest BCUT2D eigenvalue weighted by atomic mass is 10.1. The normalized spacial score (nSPS) is 14.3. The fourth-order valence-corrected chi connectivity index (χ4v) is 2.41. The van der Waals surface area contributed by atoms with Gasteiger partial charge in [-0.3, -0.25) is 0 Å². The third-order valence-electron chi connectivity index (χ3n) is 3.32. The van der Waals surface area contributed by atoms with Crippen LogP contribution in [0.15, 0.2) is 54.6 Å². The molecule has 3 rings (SSSR count). The second kappa shape index (κ2) is 5.19. The number of ether oxygens (including phenoxy) is 1. The van der Waals surface area contributed by atoms with E-state index in [0.29, 0.717) is 6.73 Å². The molecule has 0 unspecified atom stereocenters. The van der Waals surface area contributed by atoms with Crippen LogP contribution in [0.1, 0.15) is 18.1 Å². The molecular weight excluding hydrogens is 234 g/mol. The maximum absolute atomic E-state index is 5.95. The molecule has 2 heteroatoms. The second-order valence-corrected chi connectivity index (χ2v) is 4.64. The zero-order valence-corrected chi connectivity index (χ0v) is 11.0. The maximum atomic E-state index is 5.95. The Morgan fingerprint density at radius 3 is 2.68 bits per heavy atom. The van der Waals surface area contributed by atoms with Crippen LogP contribution in [-0.2, 0) is 6.54 Å². The van der Waals surface area contributed by atoms with Crippen LogP contribution >= 0.6 is 0 Å². The lowest BCUT2D eigenvalue weighted by molar-refractivity contribution is 0.289.